The summed E-state index contributed by atoms with van der Waals surface area (Å²) in [7, 11) is 1.61. The van der Waals surface area contributed by atoms with Gasteiger partial charge in [-0.25, -0.2) is 0 Å². The van der Waals surface area contributed by atoms with Gasteiger partial charge in [0.25, 0.3) is 5.91 Å². The molecule has 0 aliphatic rings. The van der Waals surface area contributed by atoms with Crippen LogP contribution < -0.4 is 14.8 Å². The van der Waals surface area contributed by atoms with E-state index < -0.39 is 0 Å². The molecule has 3 aromatic rings. The zero-order chi connectivity index (χ0) is 19.1. The van der Waals surface area contributed by atoms with Crippen molar-refractivity contribution < 1.29 is 14.3 Å². The van der Waals surface area contributed by atoms with E-state index in [-0.39, 0.29) is 5.91 Å². The van der Waals surface area contributed by atoms with Gasteiger partial charge in [-0.2, -0.15) is 5.26 Å². The maximum absolute atomic E-state index is 12.5. The van der Waals surface area contributed by atoms with Crippen LogP contribution >= 0.6 is 0 Å². The van der Waals surface area contributed by atoms with Gasteiger partial charge in [0.15, 0.2) is 0 Å². The molecular weight excluding hydrogens is 340 g/mol. The Bertz CT molecular complexity index is 975. The van der Waals surface area contributed by atoms with Crippen molar-refractivity contribution in [2.24, 2.45) is 0 Å². The second-order valence-electron chi connectivity index (χ2n) is 5.77. The third kappa shape index (κ3) is 4.65. The van der Waals surface area contributed by atoms with Crippen molar-refractivity contribution in [2.45, 2.75) is 6.61 Å². The van der Waals surface area contributed by atoms with Gasteiger partial charge in [0.2, 0.25) is 0 Å². The maximum Gasteiger partial charge on any atom is 0.255 e. The number of amides is 1. The quantitative estimate of drug-likeness (QED) is 0.709. The molecule has 0 saturated carbocycles. The summed E-state index contributed by atoms with van der Waals surface area (Å²) < 4.78 is 10.9. The summed E-state index contributed by atoms with van der Waals surface area (Å²) in [6.07, 6.45) is 0. The predicted molar refractivity (Wildman–Crippen MR) is 103 cm³/mol. The highest BCUT2D eigenvalue weighted by atomic mass is 16.5. The van der Waals surface area contributed by atoms with E-state index in [4.69, 9.17) is 14.7 Å². The summed E-state index contributed by atoms with van der Waals surface area (Å²) in [6, 6.07) is 23.4. The molecule has 134 valence electrons. The van der Waals surface area contributed by atoms with E-state index in [1.165, 1.54) is 0 Å². The summed E-state index contributed by atoms with van der Waals surface area (Å²) in [5.74, 6) is 1.19. The van der Waals surface area contributed by atoms with Crippen molar-refractivity contribution in [3.8, 4) is 17.6 Å². The van der Waals surface area contributed by atoms with Crippen LogP contribution in [-0.2, 0) is 6.61 Å². The zero-order valence-electron chi connectivity index (χ0n) is 14.8. The lowest BCUT2D eigenvalue weighted by Gasteiger charge is -2.13. The maximum atomic E-state index is 12.5. The highest BCUT2D eigenvalue weighted by Gasteiger charge is 2.10. The minimum atomic E-state index is -0.274. The van der Waals surface area contributed by atoms with Gasteiger partial charge in [-0.3, -0.25) is 4.79 Å². The van der Waals surface area contributed by atoms with E-state index >= 15 is 0 Å². The molecule has 0 heterocycles. The molecule has 5 heteroatoms. The number of rotatable bonds is 6. The molecule has 0 bridgehead atoms. The van der Waals surface area contributed by atoms with Crippen LogP contribution in [0.4, 0.5) is 5.69 Å². The Labute approximate surface area is 157 Å². The van der Waals surface area contributed by atoms with Crippen LogP contribution in [0.3, 0.4) is 0 Å². The van der Waals surface area contributed by atoms with E-state index in [0.717, 1.165) is 11.3 Å². The first-order valence-electron chi connectivity index (χ1n) is 8.36. The molecule has 0 unspecified atom stereocenters. The molecule has 0 saturated heterocycles. The third-order valence-corrected chi connectivity index (χ3v) is 3.97. The van der Waals surface area contributed by atoms with Gasteiger partial charge < -0.3 is 14.8 Å². The smallest absolute Gasteiger partial charge is 0.255 e. The van der Waals surface area contributed by atoms with Gasteiger partial charge in [-0.05, 0) is 48.5 Å². The van der Waals surface area contributed by atoms with E-state index in [1.54, 1.807) is 31.4 Å². The Morgan fingerprint density at radius 2 is 1.74 bits per heavy atom. The fourth-order valence-electron chi connectivity index (χ4n) is 2.53. The van der Waals surface area contributed by atoms with Crippen molar-refractivity contribution in [2.75, 3.05) is 12.4 Å². The van der Waals surface area contributed by atoms with Crippen LogP contribution in [0.5, 0.6) is 11.5 Å². The lowest BCUT2D eigenvalue weighted by Crippen LogP contribution is -2.14. The molecule has 0 radical (unpaired) electrons. The average Bonchev–Trinajstić information content (AvgIpc) is 2.73. The SMILES string of the molecule is COc1ccc(OCc2ccccc2NC(=O)c2cccc(C#N)c2)cc1. The minimum absolute atomic E-state index is 0.274. The van der Waals surface area contributed by atoms with E-state index in [2.05, 4.69) is 5.32 Å². The normalized spacial score (nSPS) is 9.93. The van der Waals surface area contributed by atoms with Crippen LogP contribution in [-0.4, -0.2) is 13.0 Å². The molecule has 27 heavy (non-hydrogen) atoms. The second kappa shape index (κ2) is 8.54. The van der Waals surface area contributed by atoms with Crippen LogP contribution in [0, 0.1) is 11.3 Å². The number of carbonyl (C=O) groups excluding carboxylic acids is 1. The third-order valence-electron chi connectivity index (χ3n) is 3.97. The molecule has 0 atom stereocenters. The van der Waals surface area contributed by atoms with Crippen LogP contribution in [0.2, 0.25) is 0 Å². The molecule has 3 aromatic carbocycles. The number of hydrogen-bond donors (Lipinski definition) is 1. The summed E-state index contributed by atoms with van der Waals surface area (Å²) in [5, 5.41) is 11.9. The number of anilines is 1. The highest BCUT2D eigenvalue weighted by molar-refractivity contribution is 6.04. The Balaban J connectivity index is 1.71. The molecule has 3 rings (SSSR count). The van der Waals surface area contributed by atoms with Crippen molar-refractivity contribution in [1.29, 1.82) is 5.26 Å². The fraction of sp³-hybridized carbons (Fsp3) is 0.0909. The number of ether oxygens (including phenoxy) is 2. The number of benzene rings is 3. The average molecular weight is 358 g/mol. The molecule has 1 N–H and O–H groups in total. The molecule has 0 spiro atoms. The van der Waals surface area contributed by atoms with E-state index in [1.807, 2.05) is 54.6 Å². The van der Waals surface area contributed by atoms with Gasteiger partial charge in [0.05, 0.1) is 18.7 Å². The van der Waals surface area contributed by atoms with Crippen molar-refractivity contribution >= 4 is 11.6 Å². The van der Waals surface area contributed by atoms with E-state index in [0.29, 0.717) is 29.2 Å². The lowest BCUT2D eigenvalue weighted by molar-refractivity contribution is 0.102. The Morgan fingerprint density at radius 3 is 2.48 bits per heavy atom. The zero-order valence-corrected chi connectivity index (χ0v) is 14.8. The molecule has 0 aliphatic heterocycles. The topological polar surface area (TPSA) is 71.3 Å². The standard InChI is InChI=1S/C22H18N2O3/c1-26-19-9-11-20(12-10-19)27-15-18-6-2-3-8-21(18)24-22(25)17-7-4-5-16(13-17)14-23/h2-13H,15H2,1H3,(H,24,25). The van der Waals surface area contributed by atoms with Gasteiger partial charge in [-0.1, -0.05) is 24.3 Å². The van der Waals surface area contributed by atoms with E-state index in [9.17, 15) is 4.79 Å². The second-order valence-corrected chi connectivity index (χ2v) is 5.77. The molecular formula is C22H18N2O3. The molecule has 0 fully saturated rings. The first kappa shape index (κ1) is 18.0. The first-order valence-corrected chi connectivity index (χ1v) is 8.36. The van der Waals surface area contributed by atoms with Crippen molar-refractivity contribution in [3.05, 3.63) is 89.5 Å². The number of carbonyl (C=O) groups is 1. The van der Waals surface area contributed by atoms with Gasteiger partial charge in [0.1, 0.15) is 18.1 Å². The predicted octanol–water partition coefficient (Wildman–Crippen LogP) is 4.40. The van der Waals surface area contributed by atoms with Crippen LogP contribution in [0.1, 0.15) is 21.5 Å². The van der Waals surface area contributed by atoms with Gasteiger partial charge >= 0.3 is 0 Å². The first-order chi connectivity index (χ1) is 13.2. The number of nitriles is 1. The summed E-state index contributed by atoms with van der Waals surface area (Å²) in [5.41, 5.74) is 2.38. The lowest BCUT2D eigenvalue weighted by atomic mass is 10.1. The fourth-order valence-corrected chi connectivity index (χ4v) is 2.53. The summed E-state index contributed by atoms with van der Waals surface area (Å²) in [6.45, 7) is 0.307. The summed E-state index contributed by atoms with van der Waals surface area (Å²) in [4.78, 5) is 12.5. The molecule has 1 amide bonds. The van der Waals surface area contributed by atoms with Gasteiger partial charge in [-0.15, -0.1) is 0 Å². The number of nitrogens with zero attached hydrogens (tertiary/aromatic N) is 1. The Hall–Kier alpha value is -3.78. The molecule has 0 aliphatic carbocycles. The number of para-hydroxylation sites is 1. The molecule has 5 nitrogen and oxygen atoms in total. The Morgan fingerprint density at radius 1 is 1.00 bits per heavy atom. The number of hydrogen-bond acceptors (Lipinski definition) is 4. The van der Waals surface area contributed by atoms with Gasteiger partial charge in [0, 0.05) is 16.8 Å². The Kier molecular flexibility index (Phi) is 5.70. The monoisotopic (exact) mass is 358 g/mol. The van der Waals surface area contributed by atoms with Crippen LogP contribution in [0.15, 0.2) is 72.8 Å². The molecule has 0 aromatic heterocycles. The minimum Gasteiger partial charge on any atom is -0.497 e. The largest absolute Gasteiger partial charge is 0.497 e. The highest BCUT2D eigenvalue weighted by Crippen LogP contribution is 2.21. The number of methoxy groups -OCH3 is 1. The van der Waals surface area contributed by atoms with Crippen molar-refractivity contribution in [1.82, 2.24) is 0 Å². The summed E-state index contributed by atoms with van der Waals surface area (Å²) >= 11 is 0. The van der Waals surface area contributed by atoms with Crippen molar-refractivity contribution in [3.63, 3.8) is 0 Å². The van der Waals surface area contributed by atoms with Crippen LogP contribution in [0.25, 0.3) is 0 Å². The number of nitrogens with one attached hydrogen (secondary N) is 1.